The lowest BCUT2D eigenvalue weighted by molar-refractivity contribution is 0.387. The number of halogens is 1. The zero-order valence-electron chi connectivity index (χ0n) is 9.02. The van der Waals surface area contributed by atoms with Crippen LogP contribution in [0.3, 0.4) is 0 Å². The highest BCUT2D eigenvalue weighted by Crippen LogP contribution is 2.32. The first-order chi connectivity index (χ1) is 6.36. The Morgan fingerprint density at radius 2 is 1.86 bits per heavy atom. The maximum absolute atomic E-state index is 13.4. The fraction of sp³-hybridized carbons (Fsp3) is 0.455. The number of rotatable bonds is 1. The van der Waals surface area contributed by atoms with Gasteiger partial charge in [-0.25, -0.2) is 4.39 Å². The Bertz CT molecular complexity index is 319. The maximum Gasteiger partial charge on any atom is 0.177 e. The van der Waals surface area contributed by atoms with E-state index in [0.29, 0.717) is 5.69 Å². The molecule has 3 heteroatoms. The van der Waals surface area contributed by atoms with Gasteiger partial charge in [0.2, 0.25) is 0 Å². The van der Waals surface area contributed by atoms with Crippen molar-refractivity contribution in [2.24, 2.45) is 0 Å². The molecule has 0 saturated carbocycles. The molecule has 0 amide bonds. The van der Waals surface area contributed by atoms with Crippen LogP contribution < -0.4 is 10.5 Å². The number of hydrogen-bond donors (Lipinski definition) is 1. The Labute approximate surface area is 83.9 Å². The van der Waals surface area contributed by atoms with E-state index in [-0.39, 0.29) is 11.2 Å². The Balaban J connectivity index is 3.28. The van der Waals surface area contributed by atoms with E-state index in [0.717, 1.165) is 5.56 Å². The van der Waals surface area contributed by atoms with Crippen LogP contribution in [-0.2, 0) is 5.41 Å². The van der Waals surface area contributed by atoms with Crippen LogP contribution in [0.2, 0.25) is 0 Å². The summed E-state index contributed by atoms with van der Waals surface area (Å²) in [6, 6.07) is 3.22. The van der Waals surface area contributed by atoms with Gasteiger partial charge in [-0.2, -0.15) is 0 Å². The highest BCUT2D eigenvalue weighted by Gasteiger charge is 2.18. The fourth-order valence-corrected chi connectivity index (χ4v) is 1.26. The summed E-state index contributed by atoms with van der Waals surface area (Å²) in [7, 11) is 1.41. The molecule has 0 bridgehead atoms. The van der Waals surface area contributed by atoms with Crippen molar-refractivity contribution in [3.05, 3.63) is 23.5 Å². The van der Waals surface area contributed by atoms with Gasteiger partial charge in [0.05, 0.1) is 12.8 Å². The van der Waals surface area contributed by atoms with Crippen molar-refractivity contribution in [1.29, 1.82) is 0 Å². The molecule has 0 aliphatic rings. The van der Waals surface area contributed by atoms with E-state index in [1.807, 2.05) is 20.8 Å². The summed E-state index contributed by atoms with van der Waals surface area (Å²) in [4.78, 5) is 0. The van der Waals surface area contributed by atoms with Gasteiger partial charge >= 0.3 is 0 Å². The van der Waals surface area contributed by atoms with E-state index < -0.39 is 5.82 Å². The lowest BCUT2D eigenvalue weighted by atomic mass is 9.86. The zero-order chi connectivity index (χ0) is 10.9. The predicted molar refractivity (Wildman–Crippen MR) is 56.1 cm³/mol. The SMILES string of the molecule is COc1c(N)cc(C(C)(C)C)cc1F. The number of nitrogen functional groups attached to an aromatic ring is 1. The van der Waals surface area contributed by atoms with Crippen molar-refractivity contribution in [2.45, 2.75) is 26.2 Å². The minimum Gasteiger partial charge on any atom is -0.492 e. The van der Waals surface area contributed by atoms with Crippen LogP contribution >= 0.6 is 0 Å². The zero-order valence-corrected chi connectivity index (χ0v) is 9.02. The molecule has 14 heavy (non-hydrogen) atoms. The summed E-state index contributed by atoms with van der Waals surface area (Å²) in [6.07, 6.45) is 0. The first-order valence-electron chi connectivity index (χ1n) is 4.49. The van der Waals surface area contributed by atoms with Gasteiger partial charge in [0.1, 0.15) is 0 Å². The van der Waals surface area contributed by atoms with Gasteiger partial charge in [-0.3, -0.25) is 0 Å². The largest absolute Gasteiger partial charge is 0.492 e. The smallest absolute Gasteiger partial charge is 0.177 e. The van der Waals surface area contributed by atoms with Crippen LogP contribution in [0, 0.1) is 5.82 Å². The van der Waals surface area contributed by atoms with Crippen molar-refractivity contribution in [1.82, 2.24) is 0 Å². The third-order valence-electron chi connectivity index (χ3n) is 2.14. The second-order valence-corrected chi connectivity index (χ2v) is 4.33. The Hall–Kier alpha value is -1.25. The van der Waals surface area contributed by atoms with Crippen LogP contribution in [0.4, 0.5) is 10.1 Å². The lowest BCUT2D eigenvalue weighted by Gasteiger charge is -2.20. The molecule has 0 aromatic heterocycles. The van der Waals surface area contributed by atoms with Crippen LogP contribution in [0.15, 0.2) is 12.1 Å². The fourth-order valence-electron chi connectivity index (χ4n) is 1.26. The van der Waals surface area contributed by atoms with Gasteiger partial charge in [-0.15, -0.1) is 0 Å². The normalized spacial score (nSPS) is 11.5. The lowest BCUT2D eigenvalue weighted by Crippen LogP contribution is -2.12. The quantitative estimate of drug-likeness (QED) is 0.702. The van der Waals surface area contributed by atoms with Gasteiger partial charge in [0.25, 0.3) is 0 Å². The van der Waals surface area contributed by atoms with Crippen LogP contribution in [0.5, 0.6) is 5.75 Å². The highest BCUT2D eigenvalue weighted by atomic mass is 19.1. The Morgan fingerprint density at radius 1 is 1.29 bits per heavy atom. The van der Waals surface area contributed by atoms with Gasteiger partial charge in [0, 0.05) is 0 Å². The average Bonchev–Trinajstić information content (AvgIpc) is 2.01. The third-order valence-corrected chi connectivity index (χ3v) is 2.14. The number of anilines is 1. The summed E-state index contributed by atoms with van der Waals surface area (Å²) in [5.74, 6) is -0.282. The second kappa shape index (κ2) is 3.48. The molecular formula is C11H16FNO. The number of nitrogens with two attached hydrogens (primary N) is 1. The molecule has 1 aromatic rings. The molecule has 0 aliphatic heterocycles. The molecule has 78 valence electrons. The second-order valence-electron chi connectivity index (χ2n) is 4.33. The van der Waals surface area contributed by atoms with Gasteiger partial charge in [-0.05, 0) is 23.1 Å². The molecule has 0 fully saturated rings. The maximum atomic E-state index is 13.4. The molecule has 0 saturated heterocycles. The molecule has 1 aromatic carbocycles. The van der Waals surface area contributed by atoms with E-state index in [9.17, 15) is 4.39 Å². The van der Waals surface area contributed by atoms with E-state index in [2.05, 4.69) is 0 Å². The van der Waals surface area contributed by atoms with Gasteiger partial charge in [-0.1, -0.05) is 20.8 Å². The van der Waals surface area contributed by atoms with Gasteiger partial charge < -0.3 is 10.5 Å². The monoisotopic (exact) mass is 197 g/mol. The summed E-state index contributed by atoms with van der Waals surface area (Å²) in [6.45, 7) is 6.02. The minimum absolute atomic E-state index is 0.110. The first kappa shape index (κ1) is 10.8. The number of methoxy groups -OCH3 is 1. The summed E-state index contributed by atoms with van der Waals surface area (Å²) >= 11 is 0. The van der Waals surface area contributed by atoms with Crippen molar-refractivity contribution < 1.29 is 9.13 Å². The number of hydrogen-bond acceptors (Lipinski definition) is 2. The first-order valence-corrected chi connectivity index (χ1v) is 4.49. The third kappa shape index (κ3) is 1.97. The summed E-state index contributed by atoms with van der Waals surface area (Å²) in [5, 5.41) is 0. The summed E-state index contributed by atoms with van der Waals surface area (Å²) in [5.41, 5.74) is 6.77. The Kier molecular flexibility index (Phi) is 2.69. The average molecular weight is 197 g/mol. The van der Waals surface area contributed by atoms with E-state index in [1.54, 1.807) is 6.07 Å². The van der Waals surface area contributed by atoms with Crippen molar-refractivity contribution in [2.75, 3.05) is 12.8 Å². The number of ether oxygens (including phenoxy) is 1. The highest BCUT2D eigenvalue weighted by molar-refractivity contribution is 5.56. The van der Waals surface area contributed by atoms with Crippen LogP contribution in [0.25, 0.3) is 0 Å². The molecule has 0 radical (unpaired) electrons. The van der Waals surface area contributed by atoms with Crippen molar-refractivity contribution >= 4 is 5.69 Å². The molecule has 0 unspecified atom stereocenters. The van der Waals surface area contributed by atoms with Crippen molar-refractivity contribution in [3.63, 3.8) is 0 Å². The topological polar surface area (TPSA) is 35.2 Å². The van der Waals surface area contributed by atoms with Crippen molar-refractivity contribution in [3.8, 4) is 5.75 Å². The molecule has 0 atom stereocenters. The van der Waals surface area contributed by atoms with Crippen LogP contribution in [-0.4, -0.2) is 7.11 Å². The molecule has 1 rings (SSSR count). The van der Waals surface area contributed by atoms with E-state index >= 15 is 0 Å². The molecule has 0 aliphatic carbocycles. The van der Waals surface area contributed by atoms with Gasteiger partial charge in [0.15, 0.2) is 11.6 Å². The number of benzene rings is 1. The molecule has 2 nitrogen and oxygen atoms in total. The molecule has 0 heterocycles. The van der Waals surface area contributed by atoms with E-state index in [1.165, 1.54) is 13.2 Å². The Morgan fingerprint density at radius 3 is 2.21 bits per heavy atom. The molecule has 2 N–H and O–H groups in total. The summed E-state index contributed by atoms with van der Waals surface area (Å²) < 4.78 is 18.3. The molecular weight excluding hydrogens is 181 g/mol. The minimum atomic E-state index is -0.405. The van der Waals surface area contributed by atoms with E-state index in [4.69, 9.17) is 10.5 Å². The molecule has 0 spiro atoms. The predicted octanol–water partition coefficient (Wildman–Crippen LogP) is 2.71. The standard InChI is InChI=1S/C11H16FNO/c1-11(2,3)7-5-8(12)10(14-4)9(13)6-7/h5-6H,13H2,1-4H3. The van der Waals surface area contributed by atoms with Crippen LogP contribution in [0.1, 0.15) is 26.3 Å².